The van der Waals surface area contributed by atoms with Crippen molar-refractivity contribution in [3.8, 4) is 0 Å². The van der Waals surface area contributed by atoms with Gasteiger partial charge in [0.05, 0.1) is 6.04 Å². The van der Waals surface area contributed by atoms with E-state index in [0.29, 0.717) is 11.8 Å². The van der Waals surface area contributed by atoms with Crippen molar-refractivity contribution in [2.45, 2.75) is 45.7 Å². The van der Waals surface area contributed by atoms with Gasteiger partial charge >= 0.3 is 0 Å². The first-order valence-electron chi connectivity index (χ1n) is 7.76. The van der Waals surface area contributed by atoms with Crippen LogP contribution in [-0.2, 0) is 4.79 Å². The van der Waals surface area contributed by atoms with Crippen LogP contribution in [0.5, 0.6) is 0 Å². The Balaban J connectivity index is 1.96. The van der Waals surface area contributed by atoms with Crippen LogP contribution in [0.15, 0.2) is 24.3 Å². The van der Waals surface area contributed by atoms with Gasteiger partial charge in [-0.1, -0.05) is 37.6 Å². The van der Waals surface area contributed by atoms with E-state index in [1.54, 1.807) is 0 Å². The van der Waals surface area contributed by atoms with Crippen molar-refractivity contribution in [1.29, 1.82) is 0 Å². The molecule has 3 nitrogen and oxygen atoms in total. The Labute approximate surface area is 132 Å². The third kappa shape index (κ3) is 5.01. The zero-order chi connectivity index (χ0) is 15.4. The molecule has 2 unspecified atom stereocenters. The summed E-state index contributed by atoms with van der Waals surface area (Å²) < 4.78 is 0. The quantitative estimate of drug-likeness (QED) is 0.809. The van der Waals surface area contributed by atoms with Gasteiger partial charge in [-0.2, -0.15) is 0 Å². The van der Waals surface area contributed by atoms with E-state index in [1.807, 2.05) is 19.1 Å². The van der Waals surface area contributed by atoms with Gasteiger partial charge < -0.3 is 5.32 Å². The fraction of sp³-hybridized carbons (Fsp3) is 0.588. The minimum Gasteiger partial charge on any atom is -0.354 e. The number of benzene rings is 1. The van der Waals surface area contributed by atoms with Crippen LogP contribution >= 0.6 is 11.6 Å². The van der Waals surface area contributed by atoms with Gasteiger partial charge in [0.15, 0.2) is 0 Å². The molecule has 1 aromatic rings. The summed E-state index contributed by atoms with van der Waals surface area (Å²) in [6.07, 6.45) is 2.45. The number of carbonyl (C=O) groups is 1. The first-order valence-corrected chi connectivity index (χ1v) is 8.14. The van der Waals surface area contributed by atoms with Crippen LogP contribution in [0.2, 0.25) is 5.02 Å². The Morgan fingerprint density at radius 2 is 1.86 bits per heavy atom. The van der Waals surface area contributed by atoms with Crippen LogP contribution in [0.25, 0.3) is 0 Å². The van der Waals surface area contributed by atoms with E-state index >= 15 is 0 Å². The van der Waals surface area contributed by atoms with E-state index in [-0.39, 0.29) is 18.0 Å². The predicted molar refractivity (Wildman–Crippen MR) is 87.4 cm³/mol. The van der Waals surface area contributed by atoms with Gasteiger partial charge in [0.1, 0.15) is 0 Å². The second-order valence-electron chi connectivity index (χ2n) is 6.39. The van der Waals surface area contributed by atoms with Crippen LogP contribution in [0, 0.1) is 11.8 Å². The molecule has 1 fully saturated rings. The summed E-state index contributed by atoms with van der Waals surface area (Å²) in [7, 11) is 0. The number of halogens is 1. The summed E-state index contributed by atoms with van der Waals surface area (Å²) >= 11 is 5.95. The van der Waals surface area contributed by atoms with Crippen molar-refractivity contribution in [2.24, 2.45) is 11.8 Å². The molecule has 4 heteroatoms. The number of rotatable bonds is 7. The average molecular weight is 309 g/mol. The molecule has 2 rings (SSSR count). The molecule has 1 aliphatic rings. The number of hydrogen-bond donors (Lipinski definition) is 2. The molecule has 0 heterocycles. The van der Waals surface area contributed by atoms with E-state index in [4.69, 9.17) is 11.6 Å². The fourth-order valence-electron chi connectivity index (χ4n) is 2.41. The maximum Gasteiger partial charge on any atom is 0.236 e. The molecule has 0 spiro atoms. The standard InChI is InChI=1S/C17H25ClN2O/c1-11(2)10-19-17(21)12(3)20-16(13-4-5-13)14-6-8-15(18)9-7-14/h6-9,11-13,16,20H,4-5,10H2,1-3H3,(H,19,21). The van der Waals surface area contributed by atoms with E-state index in [2.05, 4.69) is 36.6 Å². The lowest BCUT2D eigenvalue weighted by molar-refractivity contribution is -0.123. The van der Waals surface area contributed by atoms with Gasteiger partial charge in [0.2, 0.25) is 5.91 Å². The summed E-state index contributed by atoms with van der Waals surface area (Å²) in [5.74, 6) is 1.17. The average Bonchev–Trinajstić information content (AvgIpc) is 3.27. The molecule has 1 amide bonds. The minimum absolute atomic E-state index is 0.0725. The van der Waals surface area contributed by atoms with Crippen LogP contribution in [0.1, 0.15) is 45.2 Å². The first kappa shape index (κ1) is 16.3. The monoisotopic (exact) mass is 308 g/mol. The largest absolute Gasteiger partial charge is 0.354 e. The lowest BCUT2D eigenvalue weighted by Gasteiger charge is -2.23. The minimum atomic E-state index is -0.190. The molecule has 1 saturated carbocycles. The Morgan fingerprint density at radius 1 is 1.24 bits per heavy atom. The van der Waals surface area contributed by atoms with Crippen molar-refractivity contribution in [3.63, 3.8) is 0 Å². The van der Waals surface area contributed by atoms with Gasteiger partial charge in [-0.05, 0) is 49.3 Å². The van der Waals surface area contributed by atoms with E-state index in [9.17, 15) is 4.79 Å². The lowest BCUT2D eigenvalue weighted by atomic mass is 10.0. The Bertz CT molecular complexity index is 468. The number of amides is 1. The molecule has 0 aliphatic heterocycles. The third-order valence-electron chi connectivity index (χ3n) is 3.83. The molecule has 0 saturated heterocycles. The smallest absolute Gasteiger partial charge is 0.236 e. The van der Waals surface area contributed by atoms with Gasteiger partial charge in [-0.3, -0.25) is 10.1 Å². The molecule has 116 valence electrons. The highest BCUT2D eigenvalue weighted by molar-refractivity contribution is 6.30. The molecule has 2 N–H and O–H groups in total. The summed E-state index contributed by atoms with van der Waals surface area (Å²) in [4.78, 5) is 12.1. The van der Waals surface area contributed by atoms with Gasteiger partial charge in [0, 0.05) is 17.6 Å². The first-order chi connectivity index (χ1) is 9.97. The van der Waals surface area contributed by atoms with E-state index < -0.39 is 0 Å². The van der Waals surface area contributed by atoms with Crippen molar-refractivity contribution >= 4 is 17.5 Å². The molecule has 0 aromatic heterocycles. The summed E-state index contributed by atoms with van der Waals surface area (Å²) in [6, 6.07) is 7.98. The molecule has 2 atom stereocenters. The highest BCUT2D eigenvalue weighted by Gasteiger charge is 2.33. The molecule has 1 aliphatic carbocycles. The SMILES string of the molecule is CC(C)CNC(=O)C(C)NC(c1ccc(Cl)cc1)C1CC1. The van der Waals surface area contributed by atoms with Gasteiger partial charge in [-0.15, -0.1) is 0 Å². The Morgan fingerprint density at radius 3 is 2.38 bits per heavy atom. The maximum absolute atomic E-state index is 12.1. The zero-order valence-electron chi connectivity index (χ0n) is 13.0. The van der Waals surface area contributed by atoms with Gasteiger partial charge in [0.25, 0.3) is 0 Å². The second-order valence-corrected chi connectivity index (χ2v) is 6.83. The summed E-state index contributed by atoms with van der Waals surface area (Å²) in [5.41, 5.74) is 1.21. The zero-order valence-corrected chi connectivity index (χ0v) is 13.8. The molecule has 1 aromatic carbocycles. The third-order valence-corrected chi connectivity index (χ3v) is 4.08. The lowest BCUT2D eigenvalue weighted by Crippen LogP contribution is -2.45. The molecule has 0 radical (unpaired) electrons. The van der Waals surface area contributed by atoms with Gasteiger partial charge in [-0.25, -0.2) is 0 Å². The highest BCUT2D eigenvalue weighted by Crippen LogP contribution is 2.41. The van der Waals surface area contributed by atoms with Crippen molar-refractivity contribution in [1.82, 2.24) is 10.6 Å². The predicted octanol–water partition coefficient (Wildman–Crippen LogP) is 3.54. The molecular weight excluding hydrogens is 284 g/mol. The topological polar surface area (TPSA) is 41.1 Å². The van der Waals surface area contributed by atoms with E-state index in [1.165, 1.54) is 18.4 Å². The Kier molecular flexibility index (Phi) is 5.65. The van der Waals surface area contributed by atoms with E-state index in [0.717, 1.165) is 11.6 Å². The molecular formula is C17H25ClN2O. The fourth-order valence-corrected chi connectivity index (χ4v) is 2.53. The highest BCUT2D eigenvalue weighted by atomic mass is 35.5. The van der Waals surface area contributed by atoms with Crippen LogP contribution in [0.3, 0.4) is 0 Å². The van der Waals surface area contributed by atoms with Crippen LogP contribution in [-0.4, -0.2) is 18.5 Å². The number of carbonyl (C=O) groups excluding carboxylic acids is 1. The summed E-state index contributed by atoms with van der Waals surface area (Å²) in [6.45, 7) is 6.85. The van der Waals surface area contributed by atoms with Crippen LogP contribution < -0.4 is 10.6 Å². The maximum atomic E-state index is 12.1. The van der Waals surface area contributed by atoms with Crippen molar-refractivity contribution < 1.29 is 4.79 Å². The van der Waals surface area contributed by atoms with Crippen LogP contribution in [0.4, 0.5) is 0 Å². The van der Waals surface area contributed by atoms with Crippen molar-refractivity contribution in [3.05, 3.63) is 34.9 Å². The normalized spacial score (nSPS) is 17.6. The molecule has 21 heavy (non-hydrogen) atoms. The Hall–Kier alpha value is -1.06. The molecule has 0 bridgehead atoms. The summed E-state index contributed by atoms with van der Waals surface area (Å²) in [5, 5.41) is 7.21. The van der Waals surface area contributed by atoms with Crippen molar-refractivity contribution in [2.75, 3.05) is 6.54 Å². The second kappa shape index (κ2) is 7.28. The number of hydrogen-bond acceptors (Lipinski definition) is 2. The number of nitrogens with one attached hydrogen (secondary N) is 2.